The summed E-state index contributed by atoms with van der Waals surface area (Å²) >= 11 is 1.26. The molecule has 1 aromatic rings. The number of carbonyl (C=O) groups excluding carboxylic acids is 2. The molecule has 1 aliphatic carbocycles. The zero-order chi connectivity index (χ0) is 27.3. The van der Waals surface area contributed by atoms with Crippen LogP contribution in [0.5, 0.6) is 0 Å². The van der Waals surface area contributed by atoms with Gasteiger partial charge >= 0.3 is 12.4 Å². The number of allylic oxidation sites excluding steroid dienone is 6. The summed E-state index contributed by atoms with van der Waals surface area (Å²) in [6, 6.07) is 4.61. The van der Waals surface area contributed by atoms with E-state index in [0.717, 1.165) is 18.2 Å². The standard InChI is InChI=1S/C26H25F6NO2S/c1-5-20-21(13-19(14-22(20)34)26(30,31)32)33-24(35)16(4)23(36-6-2)12-7-15(3)17-8-10-18(11-9-17)25(27,28)29/h7-13H,4-6,14H2,1-3H3,(H,33,35)/b15-7+,23-12+. The Bertz CT molecular complexity index is 1150. The average molecular weight is 530 g/mol. The van der Waals surface area contributed by atoms with Crippen LogP contribution in [0.1, 0.15) is 44.7 Å². The molecule has 3 nitrogen and oxygen atoms in total. The number of hydrogen-bond donors (Lipinski definition) is 1. The van der Waals surface area contributed by atoms with Crippen molar-refractivity contribution in [3.8, 4) is 0 Å². The first-order chi connectivity index (χ1) is 16.7. The lowest BCUT2D eigenvalue weighted by atomic mass is 9.92. The van der Waals surface area contributed by atoms with Crippen LogP contribution < -0.4 is 5.32 Å². The summed E-state index contributed by atoms with van der Waals surface area (Å²) in [6.45, 7) is 8.88. The smallest absolute Gasteiger partial charge is 0.322 e. The number of benzene rings is 1. The fourth-order valence-corrected chi connectivity index (χ4v) is 4.09. The third kappa shape index (κ3) is 7.49. The fourth-order valence-electron chi connectivity index (χ4n) is 3.34. The highest BCUT2D eigenvalue weighted by Gasteiger charge is 2.38. The van der Waals surface area contributed by atoms with E-state index in [0.29, 0.717) is 21.8 Å². The second-order valence-corrected chi connectivity index (χ2v) is 9.14. The van der Waals surface area contributed by atoms with Crippen molar-refractivity contribution in [2.75, 3.05) is 5.75 Å². The molecular weight excluding hydrogens is 504 g/mol. The third-order valence-corrected chi connectivity index (χ3v) is 6.30. The Hall–Kier alpha value is -3.01. The number of amides is 1. The zero-order valence-corrected chi connectivity index (χ0v) is 20.7. The summed E-state index contributed by atoms with van der Waals surface area (Å²) in [5, 5.41) is 2.39. The van der Waals surface area contributed by atoms with Crippen molar-refractivity contribution in [1.82, 2.24) is 5.32 Å². The summed E-state index contributed by atoms with van der Waals surface area (Å²) < 4.78 is 77.9. The SMILES string of the molecule is C=C(C(=O)NC1=C(CC)C(=O)CC(C(F)(F)F)=C1)/C(=C\C=C(/C)c1ccc(C(F)(F)F)cc1)SCC. The van der Waals surface area contributed by atoms with E-state index >= 15 is 0 Å². The first-order valence-corrected chi connectivity index (χ1v) is 11.9. The molecule has 2 rings (SSSR count). The van der Waals surface area contributed by atoms with Crippen LogP contribution in [-0.4, -0.2) is 23.6 Å². The van der Waals surface area contributed by atoms with E-state index in [-0.39, 0.29) is 23.3 Å². The second-order valence-electron chi connectivity index (χ2n) is 7.83. The van der Waals surface area contributed by atoms with Gasteiger partial charge in [0.2, 0.25) is 0 Å². The van der Waals surface area contributed by atoms with Crippen LogP contribution in [0.4, 0.5) is 26.3 Å². The van der Waals surface area contributed by atoms with E-state index in [4.69, 9.17) is 0 Å². The topological polar surface area (TPSA) is 46.2 Å². The Labute approximate surface area is 209 Å². The van der Waals surface area contributed by atoms with Gasteiger partial charge in [0.1, 0.15) is 0 Å². The van der Waals surface area contributed by atoms with Crippen molar-refractivity contribution in [1.29, 1.82) is 0 Å². The molecule has 0 heterocycles. The zero-order valence-electron chi connectivity index (χ0n) is 19.9. The molecule has 0 radical (unpaired) electrons. The summed E-state index contributed by atoms with van der Waals surface area (Å²) in [5.41, 5.74) is -0.788. The van der Waals surface area contributed by atoms with E-state index in [1.54, 1.807) is 26.0 Å². The lowest BCUT2D eigenvalue weighted by molar-refractivity contribution is -0.137. The molecule has 1 aromatic carbocycles. The molecule has 0 saturated heterocycles. The Morgan fingerprint density at radius 3 is 2.17 bits per heavy atom. The highest BCUT2D eigenvalue weighted by atomic mass is 32.2. The van der Waals surface area contributed by atoms with Gasteiger partial charge in [0.05, 0.1) is 5.56 Å². The van der Waals surface area contributed by atoms with Crippen molar-refractivity contribution in [2.45, 2.75) is 46.0 Å². The molecule has 0 atom stereocenters. The van der Waals surface area contributed by atoms with E-state index < -0.39 is 41.6 Å². The maximum atomic E-state index is 13.2. The molecule has 0 aliphatic heterocycles. The number of halogens is 6. The van der Waals surface area contributed by atoms with Crippen molar-refractivity contribution in [3.63, 3.8) is 0 Å². The number of carbonyl (C=O) groups is 2. The lowest BCUT2D eigenvalue weighted by Gasteiger charge is -2.21. The summed E-state index contributed by atoms with van der Waals surface area (Å²) in [7, 11) is 0. The van der Waals surface area contributed by atoms with Crippen LogP contribution in [0.2, 0.25) is 0 Å². The van der Waals surface area contributed by atoms with Crippen LogP contribution >= 0.6 is 11.8 Å². The van der Waals surface area contributed by atoms with Gasteiger partial charge in [-0.15, -0.1) is 11.8 Å². The van der Waals surface area contributed by atoms with Gasteiger partial charge in [-0.1, -0.05) is 38.6 Å². The summed E-state index contributed by atoms with van der Waals surface area (Å²) in [4.78, 5) is 25.5. The first-order valence-electron chi connectivity index (χ1n) is 10.9. The van der Waals surface area contributed by atoms with Crippen LogP contribution in [0, 0.1) is 0 Å². The minimum absolute atomic E-state index is 0.0266. The number of rotatable bonds is 8. The molecule has 0 spiro atoms. The quantitative estimate of drug-likeness (QED) is 0.215. The number of nitrogens with one attached hydrogen (secondary N) is 1. The lowest BCUT2D eigenvalue weighted by Crippen LogP contribution is -2.30. The normalized spacial score (nSPS) is 15.7. The number of hydrogen-bond acceptors (Lipinski definition) is 3. The van der Waals surface area contributed by atoms with Gasteiger partial charge in [-0.25, -0.2) is 0 Å². The number of ketones is 1. The molecule has 0 aromatic heterocycles. The predicted octanol–water partition coefficient (Wildman–Crippen LogP) is 7.54. The molecule has 10 heteroatoms. The highest BCUT2D eigenvalue weighted by Crippen LogP contribution is 2.34. The molecule has 0 saturated carbocycles. The molecule has 36 heavy (non-hydrogen) atoms. The van der Waals surface area contributed by atoms with Gasteiger partial charge < -0.3 is 5.32 Å². The Balaban J connectivity index is 2.30. The maximum absolute atomic E-state index is 13.2. The van der Waals surface area contributed by atoms with E-state index in [2.05, 4.69) is 11.9 Å². The van der Waals surface area contributed by atoms with Crippen LogP contribution in [0.3, 0.4) is 0 Å². The molecule has 0 fully saturated rings. The molecule has 194 valence electrons. The van der Waals surface area contributed by atoms with Crippen LogP contribution in [0.15, 0.2) is 76.4 Å². The second kappa shape index (κ2) is 11.8. The van der Waals surface area contributed by atoms with Crippen LogP contribution in [0.25, 0.3) is 5.57 Å². The highest BCUT2D eigenvalue weighted by molar-refractivity contribution is 8.03. The Kier molecular flexibility index (Phi) is 9.59. The minimum Gasteiger partial charge on any atom is -0.322 e. The molecule has 1 amide bonds. The first kappa shape index (κ1) is 29.2. The van der Waals surface area contributed by atoms with Crippen molar-refractivity contribution < 1.29 is 35.9 Å². The fraction of sp³-hybridized carbons (Fsp3) is 0.308. The maximum Gasteiger partial charge on any atom is 0.416 e. The molecule has 0 unspecified atom stereocenters. The van der Waals surface area contributed by atoms with E-state index in [9.17, 15) is 35.9 Å². The monoisotopic (exact) mass is 529 g/mol. The number of Topliss-reactive ketones (excluding diaryl/α,β-unsaturated/α-hetero) is 1. The van der Waals surface area contributed by atoms with Crippen LogP contribution in [-0.2, 0) is 15.8 Å². The average Bonchev–Trinajstić information content (AvgIpc) is 2.79. The number of alkyl halides is 6. The third-order valence-electron chi connectivity index (χ3n) is 5.32. The van der Waals surface area contributed by atoms with Gasteiger partial charge in [0, 0.05) is 33.7 Å². The van der Waals surface area contributed by atoms with E-state index in [1.165, 1.54) is 23.9 Å². The van der Waals surface area contributed by atoms with Gasteiger partial charge in [0.15, 0.2) is 5.78 Å². The molecular formula is C26H25F6NO2S. The van der Waals surface area contributed by atoms with Crippen molar-refractivity contribution in [3.05, 3.63) is 87.5 Å². The largest absolute Gasteiger partial charge is 0.416 e. The molecule has 0 bridgehead atoms. The summed E-state index contributed by atoms with van der Waals surface area (Å²) in [5.74, 6) is -0.927. The van der Waals surface area contributed by atoms with Crippen molar-refractivity contribution in [2.24, 2.45) is 0 Å². The number of thioether (sulfide) groups is 1. The predicted molar refractivity (Wildman–Crippen MR) is 130 cm³/mol. The summed E-state index contributed by atoms with van der Waals surface area (Å²) in [6.07, 6.45) is -5.83. The van der Waals surface area contributed by atoms with Gasteiger partial charge in [0.25, 0.3) is 5.91 Å². The van der Waals surface area contributed by atoms with Crippen molar-refractivity contribution >= 4 is 29.0 Å². The molecule has 1 N–H and O–H groups in total. The minimum atomic E-state index is -4.70. The Morgan fingerprint density at radius 1 is 1.06 bits per heavy atom. The van der Waals surface area contributed by atoms with Gasteiger partial charge in [-0.3, -0.25) is 9.59 Å². The Morgan fingerprint density at radius 2 is 1.67 bits per heavy atom. The van der Waals surface area contributed by atoms with Gasteiger partial charge in [-0.2, -0.15) is 26.3 Å². The molecule has 1 aliphatic rings. The van der Waals surface area contributed by atoms with E-state index in [1.807, 2.05) is 6.92 Å². The van der Waals surface area contributed by atoms with Gasteiger partial charge in [-0.05, 0) is 54.5 Å².